The van der Waals surface area contributed by atoms with E-state index >= 15 is 0 Å². The van der Waals surface area contributed by atoms with E-state index in [1.54, 1.807) is 32.8 Å². The van der Waals surface area contributed by atoms with Gasteiger partial charge in [-0.3, -0.25) is 0 Å². The number of aromatic nitrogens is 3. The van der Waals surface area contributed by atoms with Gasteiger partial charge in [-0.05, 0) is 70.4 Å². The summed E-state index contributed by atoms with van der Waals surface area (Å²) in [5.74, 6) is 0.368. The number of carbonyl (C=O) groups is 2. The first-order valence-electron chi connectivity index (χ1n) is 13.1. The second-order valence-corrected chi connectivity index (χ2v) is 11.4. The van der Waals surface area contributed by atoms with Gasteiger partial charge in [-0.25, -0.2) is 23.5 Å². The average molecular weight is 558 g/mol. The second-order valence-electron chi connectivity index (χ2n) is 11.0. The lowest BCUT2D eigenvalue weighted by Gasteiger charge is -2.40. The average Bonchev–Trinajstić information content (AvgIpc) is 3.51. The van der Waals surface area contributed by atoms with Crippen molar-refractivity contribution in [1.82, 2.24) is 24.4 Å². The van der Waals surface area contributed by atoms with Crippen LogP contribution in [0.3, 0.4) is 0 Å². The molecule has 5 rings (SSSR count). The first-order valence-corrected chi connectivity index (χ1v) is 13.5. The van der Waals surface area contributed by atoms with Gasteiger partial charge in [0, 0.05) is 43.4 Å². The molecule has 10 nitrogen and oxygen atoms in total. The van der Waals surface area contributed by atoms with Crippen LogP contribution in [-0.4, -0.2) is 74.3 Å². The molecule has 208 valence electrons. The first-order chi connectivity index (χ1) is 18.5. The van der Waals surface area contributed by atoms with Gasteiger partial charge in [0.1, 0.15) is 22.9 Å². The molecule has 2 fully saturated rings. The summed E-state index contributed by atoms with van der Waals surface area (Å²) in [6.07, 6.45) is 4.72. The molecule has 2 aliphatic rings. The molecule has 0 unspecified atom stereocenters. The quantitative estimate of drug-likeness (QED) is 0.467. The zero-order valence-corrected chi connectivity index (χ0v) is 23.3. The number of fused-ring (bicyclic) bond motifs is 1. The number of nitrogens with zero attached hydrogens (tertiary/aromatic N) is 6. The summed E-state index contributed by atoms with van der Waals surface area (Å²) in [4.78, 5) is 35.9. The van der Waals surface area contributed by atoms with E-state index in [2.05, 4.69) is 15.3 Å². The predicted molar refractivity (Wildman–Crippen MR) is 147 cm³/mol. The molecule has 0 bridgehead atoms. The van der Waals surface area contributed by atoms with Crippen LogP contribution in [0, 0.1) is 5.82 Å². The summed E-state index contributed by atoms with van der Waals surface area (Å²) in [6, 6.07) is 5.68. The Kier molecular flexibility index (Phi) is 7.28. The number of amides is 3. The highest BCUT2D eigenvalue weighted by molar-refractivity contribution is 6.31. The number of benzene rings is 1. The topological polar surface area (TPSA) is 95.3 Å². The molecule has 2 atom stereocenters. The van der Waals surface area contributed by atoms with Crippen molar-refractivity contribution >= 4 is 40.9 Å². The molecule has 2 saturated heterocycles. The molecule has 2 aliphatic heterocycles. The third-order valence-electron chi connectivity index (χ3n) is 7.00. The molecule has 0 radical (unpaired) electrons. The number of anilines is 2. The van der Waals surface area contributed by atoms with Gasteiger partial charge in [-0.1, -0.05) is 11.6 Å². The number of rotatable bonds is 3. The van der Waals surface area contributed by atoms with Crippen LogP contribution in [0.1, 0.15) is 52.1 Å². The number of carbonyl (C=O) groups excluding carboxylic acids is 2. The Morgan fingerprint density at radius 1 is 1.18 bits per heavy atom. The van der Waals surface area contributed by atoms with Crippen LogP contribution in [0.15, 0.2) is 36.7 Å². The Morgan fingerprint density at radius 3 is 2.72 bits per heavy atom. The number of nitrogens with one attached hydrogen (secondary N) is 1. The van der Waals surface area contributed by atoms with Crippen LogP contribution >= 0.6 is 11.6 Å². The Labute approximate surface area is 231 Å². The van der Waals surface area contributed by atoms with E-state index in [1.807, 2.05) is 33.8 Å². The van der Waals surface area contributed by atoms with Crippen LogP contribution in [0.25, 0.3) is 5.65 Å². The lowest BCUT2D eigenvalue weighted by atomic mass is 10.0. The molecule has 2 aromatic heterocycles. The van der Waals surface area contributed by atoms with Crippen molar-refractivity contribution in [3.05, 3.63) is 53.1 Å². The number of halogens is 2. The van der Waals surface area contributed by atoms with E-state index in [0.717, 1.165) is 24.9 Å². The highest BCUT2D eigenvalue weighted by Crippen LogP contribution is 2.39. The Morgan fingerprint density at radius 2 is 1.97 bits per heavy atom. The number of urea groups is 1. The lowest BCUT2D eigenvalue weighted by Crippen LogP contribution is -2.57. The van der Waals surface area contributed by atoms with E-state index < -0.39 is 5.60 Å². The molecular weight excluding hydrogens is 525 g/mol. The summed E-state index contributed by atoms with van der Waals surface area (Å²) < 4.78 is 21.1. The van der Waals surface area contributed by atoms with Crippen molar-refractivity contribution in [2.24, 2.45) is 0 Å². The maximum atomic E-state index is 14.0. The maximum Gasteiger partial charge on any atom is 0.410 e. The van der Waals surface area contributed by atoms with E-state index in [9.17, 15) is 14.0 Å². The minimum Gasteiger partial charge on any atom is -0.444 e. The van der Waals surface area contributed by atoms with Crippen molar-refractivity contribution in [1.29, 1.82) is 0 Å². The number of hydrogen-bond donors (Lipinski definition) is 1. The number of hydrogen-bond acceptors (Lipinski definition) is 6. The van der Waals surface area contributed by atoms with Gasteiger partial charge in [0.05, 0.1) is 12.2 Å². The van der Waals surface area contributed by atoms with Crippen molar-refractivity contribution in [2.45, 2.75) is 58.2 Å². The van der Waals surface area contributed by atoms with Crippen molar-refractivity contribution in [3.8, 4) is 0 Å². The second kappa shape index (κ2) is 10.5. The van der Waals surface area contributed by atoms with Crippen molar-refractivity contribution in [3.63, 3.8) is 0 Å². The smallest absolute Gasteiger partial charge is 0.410 e. The van der Waals surface area contributed by atoms with Gasteiger partial charge in [0.2, 0.25) is 0 Å². The highest BCUT2D eigenvalue weighted by atomic mass is 35.5. The molecule has 1 N–H and O–H groups in total. The number of ether oxygens (including phenoxy) is 1. The minimum atomic E-state index is -0.584. The van der Waals surface area contributed by atoms with Gasteiger partial charge in [0.15, 0.2) is 5.65 Å². The van der Waals surface area contributed by atoms with E-state index in [4.69, 9.17) is 21.3 Å². The molecule has 4 heterocycles. The fourth-order valence-electron chi connectivity index (χ4n) is 5.17. The molecule has 3 aromatic rings. The normalized spacial score (nSPS) is 20.0. The third-order valence-corrected chi connectivity index (χ3v) is 7.35. The summed E-state index contributed by atoms with van der Waals surface area (Å²) in [5, 5.41) is 7.79. The van der Waals surface area contributed by atoms with Crippen LogP contribution in [0.4, 0.5) is 25.5 Å². The first kappa shape index (κ1) is 27.0. The van der Waals surface area contributed by atoms with Gasteiger partial charge in [-0.15, -0.1) is 0 Å². The number of piperazine rings is 1. The van der Waals surface area contributed by atoms with Crippen molar-refractivity contribution in [2.75, 3.05) is 36.4 Å². The van der Waals surface area contributed by atoms with Gasteiger partial charge in [-0.2, -0.15) is 5.10 Å². The summed E-state index contributed by atoms with van der Waals surface area (Å²) in [7, 11) is 0. The van der Waals surface area contributed by atoms with Gasteiger partial charge >= 0.3 is 12.1 Å². The highest BCUT2D eigenvalue weighted by Gasteiger charge is 2.33. The zero-order valence-electron chi connectivity index (χ0n) is 22.5. The molecule has 3 amide bonds. The molecule has 0 spiro atoms. The molecular formula is C27H33ClFN7O3. The summed E-state index contributed by atoms with van der Waals surface area (Å²) in [6.45, 7) is 9.24. The Balaban J connectivity index is 1.30. The molecule has 1 aromatic carbocycles. The monoisotopic (exact) mass is 557 g/mol. The van der Waals surface area contributed by atoms with Crippen LogP contribution in [0.5, 0.6) is 0 Å². The molecule has 12 heteroatoms. The van der Waals surface area contributed by atoms with Gasteiger partial charge < -0.3 is 24.8 Å². The largest absolute Gasteiger partial charge is 0.444 e. The standard InChI is InChI=1S/C27H33ClFN7O3/c1-17-16-33(12-13-34(17)26(38)39-27(2,3)4)25(37)31-21-15-30-36-11-9-23(32-24(21)36)35-10-5-6-22(35)19-14-18(29)7-8-20(19)28/h7-9,11,14-15,17,22H,5-6,10,12-13,16H2,1-4H3,(H,31,37)/t17-,22+/m0/s1. The minimum absolute atomic E-state index is 0.105. The van der Waals surface area contributed by atoms with E-state index in [0.29, 0.717) is 41.8 Å². The van der Waals surface area contributed by atoms with Crippen LogP contribution < -0.4 is 10.2 Å². The molecule has 0 saturated carbocycles. The summed E-state index contributed by atoms with van der Waals surface area (Å²) >= 11 is 6.42. The Bertz CT molecular complexity index is 1390. The van der Waals surface area contributed by atoms with Crippen molar-refractivity contribution < 1.29 is 18.7 Å². The predicted octanol–water partition coefficient (Wildman–Crippen LogP) is 5.34. The van der Waals surface area contributed by atoms with Gasteiger partial charge in [0.25, 0.3) is 0 Å². The fourth-order valence-corrected chi connectivity index (χ4v) is 5.41. The Hall–Kier alpha value is -3.60. The lowest BCUT2D eigenvalue weighted by molar-refractivity contribution is 0.00589. The van der Waals surface area contributed by atoms with E-state index in [1.165, 1.54) is 12.1 Å². The third kappa shape index (κ3) is 5.73. The zero-order chi connectivity index (χ0) is 27.9. The molecule has 39 heavy (non-hydrogen) atoms. The maximum absolute atomic E-state index is 14.0. The van der Waals surface area contributed by atoms with Crippen LogP contribution in [0.2, 0.25) is 5.02 Å². The fraction of sp³-hybridized carbons (Fsp3) is 0.481. The molecule has 0 aliphatic carbocycles. The van der Waals surface area contributed by atoms with Crippen LogP contribution in [-0.2, 0) is 4.74 Å². The SMILES string of the molecule is C[C@H]1CN(C(=O)Nc2cnn3ccc(N4CCC[C@@H]4c4cc(F)ccc4Cl)nc23)CCN1C(=O)OC(C)(C)C. The summed E-state index contributed by atoms with van der Waals surface area (Å²) in [5.41, 5.74) is 1.12. The van der Waals surface area contributed by atoms with E-state index in [-0.39, 0.29) is 30.0 Å².